The van der Waals surface area contributed by atoms with Crippen molar-refractivity contribution in [1.29, 1.82) is 0 Å². The standard InChI is InChI=1S/C22H28N4OS/c1-15-25-21(14-28-15)20-13-24-22-19(20)11-17(12-23-22)16-3-5-18(6-4-16)26-7-2-9-27-10-8-26/h11-14,16,18H,2-10H2,1H3,(H,23,24). The van der Waals surface area contributed by atoms with Crippen LogP contribution in [-0.4, -0.2) is 52.2 Å². The van der Waals surface area contributed by atoms with Crippen LogP contribution in [-0.2, 0) is 4.74 Å². The van der Waals surface area contributed by atoms with Crippen molar-refractivity contribution < 1.29 is 4.74 Å². The van der Waals surface area contributed by atoms with Crippen molar-refractivity contribution in [2.45, 2.75) is 51.0 Å². The molecular formula is C22H28N4OS. The number of aryl methyl sites for hydroxylation is 1. The van der Waals surface area contributed by atoms with Crippen LogP contribution in [0.15, 0.2) is 23.8 Å². The maximum atomic E-state index is 5.63. The van der Waals surface area contributed by atoms with Crippen LogP contribution in [0.2, 0.25) is 0 Å². The van der Waals surface area contributed by atoms with Crippen molar-refractivity contribution in [2.75, 3.05) is 26.3 Å². The molecule has 0 amide bonds. The van der Waals surface area contributed by atoms with Crippen molar-refractivity contribution in [3.8, 4) is 11.3 Å². The molecule has 1 N–H and O–H groups in total. The van der Waals surface area contributed by atoms with Crippen molar-refractivity contribution in [3.05, 3.63) is 34.4 Å². The lowest BCUT2D eigenvalue weighted by Crippen LogP contribution is -2.39. The molecule has 1 saturated carbocycles. The van der Waals surface area contributed by atoms with Gasteiger partial charge in [0.2, 0.25) is 0 Å². The molecule has 0 bridgehead atoms. The first-order valence-corrected chi connectivity index (χ1v) is 11.4. The first-order valence-electron chi connectivity index (χ1n) is 10.5. The molecule has 0 aromatic carbocycles. The second-order valence-corrected chi connectivity index (χ2v) is 9.19. The number of pyridine rings is 1. The third-order valence-electron chi connectivity index (χ3n) is 6.39. The molecule has 2 fully saturated rings. The number of thiazole rings is 1. The zero-order valence-corrected chi connectivity index (χ0v) is 17.3. The lowest BCUT2D eigenvalue weighted by Gasteiger charge is -2.36. The van der Waals surface area contributed by atoms with E-state index >= 15 is 0 Å². The van der Waals surface area contributed by atoms with Gasteiger partial charge in [0, 0.05) is 54.5 Å². The molecule has 2 aliphatic rings. The molecule has 28 heavy (non-hydrogen) atoms. The third kappa shape index (κ3) is 3.61. The molecule has 1 aliphatic heterocycles. The van der Waals surface area contributed by atoms with E-state index in [1.165, 1.54) is 55.2 Å². The molecule has 5 nitrogen and oxygen atoms in total. The summed E-state index contributed by atoms with van der Waals surface area (Å²) in [4.78, 5) is 15.4. The zero-order valence-electron chi connectivity index (χ0n) is 16.5. The van der Waals surface area contributed by atoms with Gasteiger partial charge in [0.1, 0.15) is 5.65 Å². The molecule has 0 atom stereocenters. The zero-order chi connectivity index (χ0) is 18.9. The summed E-state index contributed by atoms with van der Waals surface area (Å²) in [6.45, 7) is 6.18. The molecule has 0 unspecified atom stereocenters. The summed E-state index contributed by atoms with van der Waals surface area (Å²) >= 11 is 1.70. The fraction of sp³-hybridized carbons (Fsp3) is 0.545. The topological polar surface area (TPSA) is 54.0 Å². The van der Waals surface area contributed by atoms with Gasteiger partial charge >= 0.3 is 0 Å². The molecule has 4 heterocycles. The van der Waals surface area contributed by atoms with Crippen LogP contribution in [0.5, 0.6) is 0 Å². The van der Waals surface area contributed by atoms with Crippen LogP contribution >= 0.6 is 11.3 Å². The summed E-state index contributed by atoms with van der Waals surface area (Å²) in [7, 11) is 0. The summed E-state index contributed by atoms with van der Waals surface area (Å²) < 4.78 is 5.63. The number of H-pyrrole nitrogens is 1. The quantitative estimate of drug-likeness (QED) is 0.694. The molecule has 5 rings (SSSR count). The van der Waals surface area contributed by atoms with E-state index in [2.05, 4.69) is 39.4 Å². The highest BCUT2D eigenvalue weighted by atomic mass is 32.1. The minimum atomic E-state index is 0.622. The maximum Gasteiger partial charge on any atom is 0.137 e. The predicted molar refractivity (Wildman–Crippen MR) is 114 cm³/mol. The number of rotatable bonds is 3. The highest BCUT2D eigenvalue weighted by Gasteiger charge is 2.27. The Morgan fingerprint density at radius 3 is 2.89 bits per heavy atom. The van der Waals surface area contributed by atoms with Gasteiger partial charge < -0.3 is 9.72 Å². The number of aromatic nitrogens is 3. The predicted octanol–water partition coefficient (Wildman–Crippen LogP) is 4.74. The number of aromatic amines is 1. The molecule has 6 heteroatoms. The van der Waals surface area contributed by atoms with Crippen LogP contribution in [0.3, 0.4) is 0 Å². The average molecular weight is 397 g/mol. The number of nitrogens with zero attached hydrogens (tertiary/aromatic N) is 3. The molecule has 1 saturated heterocycles. The van der Waals surface area contributed by atoms with E-state index < -0.39 is 0 Å². The normalized spacial score (nSPS) is 24.5. The van der Waals surface area contributed by atoms with Gasteiger partial charge in [0.15, 0.2) is 0 Å². The highest BCUT2D eigenvalue weighted by molar-refractivity contribution is 7.09. The Labute approximate surface area is 170 Å². The third-order valence-corrected chi connectivity index (χ3v) is 7.16. The molecule has 0 spiro atoms. The van der Waals surface area contributed by atoms with Gasteiger partial charge in [0.05, 0.1) is 17.3 Å². The van der Waals surface area contributed by atoms with Crippen LogP contribution in [0.25, 0.3) is 22.3 Å². The van der Waals surface area contributed by atoms with E-state index in [1.54, 1.807) is 11.3 Å². The fourth-order valence-electron chi connectivity index (χ4n) is 4.85. The van der Waals surface area contributed by atoms with E-state index in [-0.39, 0.29) is 0 Å². The summed E-state index contributed by atoms with van der Waals surface area (Å²) in [6.07, 6.45) is 10.4. The minimum absolute atomic E-state index is 0.622. The number of fused-ring (bicyclic) bond motifs is 1. The Morgan fingerprint density at radius 1 is 1.18 bits per heavy atom. The Kier molecular flexibility index (Phi) is 5.18. The largest absolute Gasteiger partial charge is 0.380 e. The Bertz CT molecular complexity index is 933. The van der Waals surface area contributed by atoms with Gasteiger partial charge in [-0.3, -0.25) is 4.90 Å². The first-order chi connectivity index (χ1) is 13.8. The lowest BCUT2D eigenvalue weighted by molar-refractivity contribution is 0.118. The summed E-state index contributed by atoms with van der Waals surface area (Å²) in [5.74, 6) is 0.622. The Hall–Kier alpha value is -1.76. The van der Waals surface area contributed by atoms with Crippen molar-refractivity contribution >= 4 is 22.4 Å². The van der Waals surface area contributed by atoms with E-state index in [9.17, 15) is 0 Å². The second kappa shape index (κ2) is 7.93. The number of nitrogens with one attached hydrogen (secondary N) is 1. The highest BCUT2D eigenvalue weighted by Crippen LogP contribution is 2.37. The van der Waals surface area contributed by atoms with E-state index in [0.717, 1.165) is 42.1 Å². The second-order valence-electron chi connectivity index (χ2n) is 8.13. The number of ether oxygens (including phenoxy) is 1. The molecule has 3 aromatic heterocycles. The van der Waals surface area contributed by atoms with Crippen LogP contribution in [0.4, 0.5) is 0 Å². The van der Waals surface area contributed by atoms with Crippen LogP contribution in [0, 0.1) is 6.92 Å². The van der Waals surface area contributed by atoms with Crippen molar-refractivity contribution in [2.24, 2.45) is 0 Å². The molecule has 148 valence electrons. The van der Waals surface area contributed by atoms with E-state index in [1.807, 2.05) is 6.20 Å². The number of hydrogen-bond acceptors (Lipinski definition) is 5. The maximum absolute atomic E-state index is 5.63. The summed E-state index contributed by atoms with van der Waals surface area (Å²) in [5.41, 5.74) is 4.58. The van der Waals surface area contributed by atoms with Gasteiger partial charge in [-0.1, -0.05) is 0 Å². The Balaban J connectivity index is 1.33. The van der Waals surface area contributed by atoms with Crippen LogP contribution in [0.1, 0.15) is 48.6 Å². The SMILES string of the molecule is Cc1nc(-c2c[nH]c3ncc(C4CCC(N5CCCOCC5)CC4)cc23)cs1. The lowest BCUT2D eigenvalue weighted by atomic mass is 9.81. The van der Waals surface area contributed by atoms with E-state index in [4.69, 9.17) is 9.72 Å². The minimum Gasteiger partial charge on any atom is -0.380 e. The first kappa shape index (κ1) is 18.3. The summed E-state index contributed by atoms with van der Waals surface area (Å²) in [6, 6.07) is 3.09. The van der Waals surface area contributed by atoms with Gasteiger partial charge in [-0.25, -0.2) is 9.97 Å². The van der Waals surface area contributed by atoms with Gasteiger partial charge in [-0.05, 0) is 56.6 Å². The fourth-order valence-corrected chi connectivity index (χ4v) is 5.46. The van der Waals surface area contributed by atoms with Gasteiger partial charge in [-0.15, -0.1) is 11.3 Å². The smallest absolute Gasteiger partial charge is 0.137 e. The van der Waals surface area contributed by atoms with Gasteiger partial charge in [0.25, 0.3) is 0 Å². The van der Waals surface area contributed by atoms with E-state index in [0.29, 0.717) is 5.92 Å². The van der Waals surface area contributed by atoms with Crippen molar-refractivity contribution in [3.63, 3.8) is 0 Å². The van der Waals surface area contributed by atoms with Crippen LogP contribution < -0.4 is 0 Å². The molecule has 1 aliphatic carbocycles. The molecule has 0 radical (unpaired) electrons. The average Bonchev–Trinajstić information content (AvgIpc) is 3.24. The van der Waals surface area contributed by atoms with Crippen molar-refractivity contribution in [1.82, 2.24) is 19.9 Å². The van der Waals surface area contributed by atoms with Gasteiger partial charge in [-0.2, -0.15) is 0 Å². The molecular weight excluding hydrogens is 368 g/mol. The summed E-state index contributed by atoms with van der Waals surface area (Å²) in [5, 5.41) is 4.45. The Morgan fingerprint density at radius 2 is 2.07 bits per heavy atom. The monoisotopic (exact) mass is 396 g/mol. The number of hydrogen-bond donors (Lipinski definition) is 1. The molecule has 3 aromatic rings.